The molecule has 12 heteroatoms. The number of phosphoric ester groups is 1. The minimum atomic E-state index is -4.73. The van der Waals surface area contributed by atoms with Gasteiger partial charge < -0.3 is 25.2 Å². The first kappa shape index (κ1) is 52.2. The van der Waals surface area contributed by atoms with Gasteiger partial charge in [-0.1, -0.05) is 132 Å². The first-order valence-electron chi connectivity index (χ1n) is 20.8. The predicted molar refractivity (Wildman–Crippen MR) is 221 cm³/mol. The van der Waals surface area contributed by atoms with Gasteiger partial charge in [-0.2, -0.15) is 0 Å². The van der Waals surface area contributed by atoms with E-state index in [9.17, 15) is 23.8 Å². The molecule has 0 saturated carbocycles. The smallest absolute Gasteiger partial charge is 0.472 e. The molecule has 0 heterocycles. The lowest BCUT2D eigenvalue weighted by molar-refractivity contribution is -0.161. The highest BCUT2D eigenvalue weighted by Gasteiger charge is 2.28. The fraction of sp³-hybridized carbons (Fsp3) is 0.698. The number of hydrogen-bond donors (Lipinski definition) is 3. The van der Waals surface area contributed by atoms with Gasteiger partial charge in [-0.3, -0.25) is 23.4 Å². The lowest BCUT2D eigenvalue weighted by Crippen LogP contribution is -2.34. The van der Waals surface area contributed by atoms with Gasteiger partial charge in [0, 0.05) is 12.8 Å². The van der Waals surface area contributed by atoms with Crippen molar-refractivity contribution < 1.29 is 47.5 Å². The average Bonchev–Trinajstić information content (AvgIpc) is 3.16. The SMILES string of the molecule is CC/C=C\C/C=C\C/C=C\C/C=C\CCCCC(=O)OC(COC(=O)CCCCCCC/C=C\CCCCCCCCC)COP(=O)(O)OCC(N)C(=O)O. The molecule has 0 amide bonds. The second-order valence-electron chi connectivity index (χ2n) is 13.7. The first-order chi connectivity index (χ1) is 26.6. The Balaban J connectivity index is 4.48. The fourth-order valence-corrected chi connectivity index (χ4v) is 6.00. The Bertz CT molecular complexity index is 1170. The monoisotopic (exact) mass is 796 g/mol. The van der Waals surface area contributed by atoms with Crippen LogP contribution in [0.3, 0.4) is 0 Å². The second-order valence-corrected chi connectivity index (χ2v) is 15.2. The second kappa shape index (κ2) is 38.1. The Morgan fingerprint density at radius 1 is 0.582 bits per heavy atom. The van der Waals surface area contributed by atoms with E-state index in [-0.39, 0.29) is 19.4 Å². The van der Waals surface area contributed by atoms with Crippen LogP contribution in [-0.2, 0) is 37.5 Å². The molecule has 11 nitrogen and oxygen atoms in total. The van der Waals surface area contributed by atoms with Gasteiger partial charge in [-0.15, -0.1) is 0 Å². The highest BCUT2D eigenvalue weighted by Crippen LogP contribution is 2.43. The molecule has 3 unspecified atom stereocenters. The summed E-state index contributed by atoms with van der Waals surface area (Å²) in [6.07, 6.45) is 42.9. The maximum atomic E-state index is 12.6. The van der Waals surface area contributed by atoms with Crippen molar-refractivity contribution in [2.45, 2.75) is 174 Å². The maximum absolute atomic E-state index is 12.6. The molecule has 0 aromatic heterocycles. The van der Waals surface area contributed by atoms with Crippen molar-refractivity contribution in [3.8, 4) is 0 Å². The van der Waals surface area contributed by atoms with Gasteiger partial charge in [-0.25, -0.2) is 4.57 Å². The van der Waals surface area contributed by atoms with Crippen molar-refractivity contribution in [1.82, 2.24) is 0 Å². The number of rotatable bonds is 38. The van der Waals surface area contributed by atoms with E-state index in [1.165, 1.54) is 44.9 Å². The molecule has 0 radical (unpaired) electrons. The highest BCUT2D eigenvalue weighted by atomic mass is 31.2. The Morgan fingerprint density at radius 3 is 1.58 bits per heavy atom. The third kappa shape index (κ3) is 37.9. The number of allylic oxidation sites excluding steroid dienone is 10. The Morgan fingerprint density at radius 2 is 1.02 bits per heavy atom. The summed E-state index contributed by atoms with van der Waals surface area (Å²) in [5, 5.41) is 8.88. The van der Waals surface area contributed by atoms with Gasteiger partial charge in [0.2, 0.25) is 0 Å². The summed E-state index contributed by atoms with van der Waals surface area (Å²) < 4.78 is 32.6. The van der Waals surface area contributed by atoms with Crippen molar-refractivity contribution in [3.63, 3.8) is 0 Å². The quantitative estimate of drug-likeness (QED) is 0.0235. The van der Waals surface area contributed by atoms with Crippen LogP contribution >= 0.6 is 7.82 Å². The van der Waals surface area contributed by atoms with Gasteiger partial charge in [0.1, 0.15) is 12.6 Å². The summed E-state index contributed by atoms with van der Waals surface area (Å²) in [5.41, 5.74) is 5.32. The average molecular weight is 796 g/mol. The van der Waals surface area contributed by atoms with E-state index in [4.69, 9.17) is 24.8 Å². The van der Waals surface area contributed by atoms with Crippen LogP contribution in [0.15, 0.2) is 60.8 Å². The topological polar surface area (TPSA) is 172 Å². The molecule has 0 fully saturated rings. The number of hydrogen-bond acceptors (Lipinski definition) is 9. The molecule has 0 spiro atoms. The lowest BCUT2D eigenvalue weighted by atomic mass is 10.1. The van der Waals surface area contributed by atoms with E-state index in [0.717, 1.165) is 77.0 Å². The number of phosphoric acid groups is 1. The number of carbonyl (C=O) groups is 3. The number of esters is 2. The van der Waals surface area contributed by atoms with Gasteiger partial charge in [0.05, 0.1) is 13.2 Å². The zero-order chi connectivity index (χ0) is 40.7. The van der Waals surface area contributed by atoms with Crippen LogP contribution in [0, 0.1) is 0 Å². The third-order valence-corrected chi connectivity index (χ3v) is 9.45. The Labute approximate surface area is 332 Å². The molecule has 0 aliphatic rings. The molecule has 0 saturated heterocycles. The van der Waals surface area contributed by atoms with Crippen molar-refractivity contribution in [2.24, 2.45) is 5.73 Å². The maximum Gasteiger partial charge on any atom is 0.472 e. The molecular weight excluding hydrogens is 721 g/mol. The molecule has 0 aromatic carbocycles. The van der Waals surface area contributed by atoms with Crippen LogP contribution in [0.5, 0.6) is 0 Å². The number of aliphatic carboxylic acids is 1. The molecule has 3 atom stereocenters. The minimum absolute atomic E-state index is 0.105. The van der Waals surface area contributed by atoms with Crippen molar-refractivity contribution in [3.05, 3.63) is 60.8 Å². The zero-order valence-corrected chi connectivity index (χ0v) is 34.9. The molecule has 316 valence electrons. The van der Waals surface area contributed by atoms with Gasteiger partial charge >= 0.3 is 25.7 Å². The first-order valence-corrected chi connectivity index (χ1v) is 22.3. The number of ether oxygens (including phenoxy) is 2. The summed E-state index contributed by atoms with van der Waals surface area (Å²) in [4.78, 5) is 45.9. The van der Waals surface area contributed by atoms with Gasteiger partial charge in [0.15, 0.2) is 6.10 Å². The van der Waals surface area contributed by atoms with Crippen LogP contribution in [0.2, 0.25) is 0 Å². The molecule has 0 aliphatic carbocycles. The molecule has 55 heavy (non-hydrogen) atoms. The van der Waals surface area contributed by atoms with E-state index < -0.39 is 51.1 Å². The molecule has 4 N–H and O–H groups in total. The third-order valence-electron chi connectivity index (χ3n) is 8.50. The number of nitrogens with two attached hydrogens (primary N) is 1. The Hall–Kier alpha value is -2.82. The molecule has 0 bridgehead atoms. The van der Waals surface area contributed by atoms with Crippen LogP contribution in [-0.4, -0.2) is 59.9 Å². The van der Waals surface area contributed by atoms with E-state index in [0.29, 0.717) is 12.8 Å². The highest BCUT2D eigenvalue weighted by molar-refractivity contribution is 7.47. The minimum Gasteiger partial charge on any atom is -0.480 e. The molecule has 0 rings (SSSR count). The van der Waals surface area contributed by atoms with Crippen LogP contribution in [0.25, 0.3) is 0 Å². The van der Waals surface area contributed by atoms with Crippen molar-refractivity contribution in [2.75, 3.05) is 19.8 Å². The summed E-state index contributed by atoms with van der Waals surface area (Å²) in [6.45, 7) is 2.62. The summed E-state index contributed by atoms with van der Waals surface area (Å²) >= 11 is 0. The summed E-state index contributed by atoms with van der Waals surface area (Å²) in [5.74, 6) is -2.45. The normalized spacial score (nSPS) is 14.4. The molecule has 0 aromatic rings. The van der Waals surface area contributed by atoms with Crippen molar-refractivity contribution in [1.29, 1.82) is 0 Å². The van der Waals surface area contributed by atoms with E-state index in [2.05, 4.69) is 79.1 Å². The van der Waals surface area contributed by atoms with E-state index in [1.54, 1.807) is 0 Å². The van der Waals surface area contributed by atoms with Gasteiger partial charge in [-0.05, 0) is 77.0 Å². The molecular formula is C43H74NO10P. The standard InChI is InChI=1S/C43H74NO10P/c1-3-5-7-9-11-13-15-17-19-21-22-24-26-28-30-32-34-41(45)51-36-39(37-52-55(49,50)53-38-40(44)43(47)48)54-42(46)35-33-31-29-27-25-23-20-18-16-14-12-10-8-6-4-2/h6,8,12,14,18-21,25,27,39-40H,3-5,7,9-11,13,15-17,22-24,26,28-38,44H2,1-2H3,(H,47,48)(H,49,50)/b8-6-,14-12-,20-18-,21-19-,27-25-. The predicted octanol–water partition coefficient (Wildman–Crippen LogP) is 10.8. The number of carbonyl (C=O) groups excluding carboxylic acids is 2. The number of unbranched alkanes of at least 4 members (excludes halogenated alkanes) is 14. The fourth-order valence-electron chi connectivity index (χ4n) is 5.23. The van der Waals surface area contributed by atoms with Crippen LogP contribution in [0.4, 0.5) is 0 Å². The van der Waals surface area contributed by atoms with E-state index in [1.807, 2.05) is 0 Å². The molecule has 0 aliphatic heterocycles. The van der Waals surface area contributed by atoms with Crippen LogP contribution < -0.4 is 5.73 Å². The number of carboxylic acid groups (broad SMARTS) is 1. The summed E-state index contributed by atoms with van der Waals surface area (Å²) in [7, 11) is -4.73. The Kier molecular flexibility index (Phi) is 36.1. The van der Waals surface area contributed by atoms with E-state index >= 15 is 0 Å². The zero-order valence-electron chi connectivity index (χ0n) is 34.0. The lowest BCUT2D eigenvalue weighted by Gasteiger charge is -2.20. The largest absolute Gasteiger partial charge is 0.480 e. The van der Waals surface area contributed by atoms with Crippen LogP contribution in [0.1, 0.15) is 162 Å². The van der Waals surface area contributed by atoms with Gasteiger partial charge in [0.25, 0.3) is 0 Å². The van der Waals surface area contributed by atoms with Crippen molar-refractivity contribution >= 4 is 25.7 Å². The number of carboxylic acids is 1. The summed E-state index contributed by atoms with van der Waals surface area (Å²) in [6, 6.07) is -1.53.